The minimum Gasteiger partial charge on any atom is -0.372 e. The molecule has 0 radical (unpaired) electrons. The number of carbonyl (C=O) groups is 1. The Kier molecular flexibility index (Phi) is 4.90. The van der Waals surface area contributed by atoms with E-state index >= 15 is 0 Å². The lowest BCUT2D eigenvalue weighted by molar-refractivity contribution is -0.135. The van der Waals surface area contributed by atoms with E-state index in [1.165, 1.54) is 9.47 Å². The molecule has 0 saturated carbocycles. The molecule has 5 nitrogen and oxygen atoms in total. The number of aryl methyl sites for hydroxylation is 1. The number of pyridine rings is 1. The number of halogens is 2. The Balaban J connectivity index is 1.76. The molecule has 7 heteroatoms. The van der Waals surface area contributed by atoms with Gasteiger partial charge in [0.05, 0.1) is 18.6 Å². The fourth-order valence-corrected chi connectivity index (χ4v) is 4.23. The van der Waals surface area contributed by atoms with Crippen LogP contribution in [0.3, 0.4) is 0 Å². The molecule has 0 aliphatic carbocycles. The lowest BCUT2D eigenvalue weighted by atomic mass is 9.79. The number of carbonyl (C=O) groups excluding carboxylic acids is 1. The fraction of sp³-hybridized carbons (Fsp3) is 0.217. The van der Waals surface area contributed by atoms with Gasteiger partial charge in [-0.3, -0.25) is 9.59 Å². The Morgan fingerprint density at radius 1 is 1.23 bits per heavy atom. The van der Waals surface area contributed by atoms with Gasteiger partial charge in [-0.05, 0) is 47.7 Å². The largest absolute Gasteiger partial charge is 0.372 e. The van der Waals surface area contributed by atoms with E-state index in [1.54, 1.807) is 25.4 Å². The van der Waals surface area contributed by atoms with Gasteiger partial charge >= 0.3 is 0 Å². The second-order valence-corrected chi connectivity index (χ2v) is 8.13. The highest BCUT2D eigenvalue weighted by Crippen LogP contribution is 2.40. The van der Waals surface area contributed by atoms with Crippen molar-refractivity contribution in [3.05, 3.63) is 87.6 Å². The summed E-state index contributed by atoms with van der Waals surface area (Å²) < 4.78 is 14.9. The normalized spacial score (nSPS) is 15.0. The van der Waals surface area contributed by atoms with Crippen LogP contribution in [0.25, 0.3) is 10.8 Å². The molecule has 3 aromatic rings. The summed E-state index contributed by atoms with van der Waals surface area (Å²) in [6.45, 7) is 5.52. The number of anilines is 1. The van der Waals surface area contributed by atoms with Crippen molar-refractivity contribution in [2.45, 2.75) is 12.5 Å². The first-order chi connectivity index (χ1) is 14.2. The summed E-state index contributed by atoms with van der Waals surface area (Å²) in [6.07, 6.45) is 1.73. The number of fused-ring (bicyclic) bond motifs is 1. The van der Waals surface area contributed by atoms with Crippen LogP contribution in [0, 0.1) is 6.92 Å². The molecule has 0 bridgehead atoms. The topological polar surface area (TPSA) is 54.3 Å². The molecule has 1 fully saturated rings. The molecule has 4 rings (SSSR count). The van der Waals surface area contributed by atoms with Gasteiger partial charge in [-0.15, -0.1) is 0 Å². The lowest BCUT2D eigenvalue weighted by Gasteiger charge is -2.51. The molecule has 1 amide bonds. The zero-order valence-corrected chi connectivity index (χ0v) is 17.5. The minimum atomic E-state index is -0.986. The van der Waals surface area contributed by atoms with E-state index < -0.39 is 17.3 Å². The highest BCUT2D eigenvalue weighted by molar-refractivity contribution is 6.31. The third-order valence-electron chi connectivity index (χ3n) is 5.69. The third-order valence-corrected chi connectivity index (χ3v) is 6.10. The van der Waals surface area contributed by atoms with Gasteiger partial charge < -0.3 is 14.8 Å². The maximum absolute atomic E-state index is 13.4. The van der Waals surface area contributed by atoms with Crippen LogP contribution in [0.4, 0.5) is 10.1 Å². The van der Waals surface area contributed by atoms with Gasteiger partial charge in [-0.25, -0.2) is 4.39 Å². The van der Waals surface area contributed by atoms with Gasteiger partial charge in [0.2, 0.25) is 0 Å². The maximum atomic E-state index is 13.4. The van der Waals surface area contributed by atoms with Gasteiger partial charge in [0.15, 0.2) is 5.83 Å². The van der Waals surface area contributed by atoms with Gasteiger partial charge in [0.1, 0.15) is 0 Å². The van der Waals surface area contributed by atoms with E-state index in [-0.39, 0.29) is 18.6 Å². The van der Waals surface area contributed by atoms with Crippen LogP contribution in [-0.2, 0) is 17.4 Å². The van der Waals surface area contributed by atoms with Crippen molar-refractivity contribution >= 4 is 34.0 Å². The second-order valence-electron chi connectivity index (χ2n) is 7.72. The van der Waals surface area contributed by atoms with E-state index in [1.807, 2.05) is 37.3 Å². The van der Waals surface area contributed by atoms with E-state index in [0.29, 0.717) is 10.4 Å². The predicted octanol–water partition coefficient (Wildman–Crippen LogP) is 4.13. The van der Waals surface area contributed by atoms with Gasteiger partial charge in [-0.2, -0.15) is 0 Å². The Bertz CT molecular complexity index is 1240. The van der Waals surface area contributed by atoms with Crippen LogP contribution in [0.15, 0.2) is 65.9 Å². The number of amides is 1. The van der Waals surface area contributed by atoms with E-state index in [0.717, 1.165) is 22.2 Å². The van der Waals surface area contributed by atoms with Gasteiger partial charge in [0, 0.05) is 29.3 Å². The van der Waals surface area contributed by atoms with Crippen LogP contribution in [0.2, 0.25) is 5.02 Å². The van der Waals surface area contributed by atoms with Gasteiger partial charge in [-0.1, -0.05) is 36.4 Å². The first kappa shape index (κ1) is 20.2. The number of rotatable bonds is 4. The van der Waals surface area contributed by atoms with Crippen molar-refractivity contribution in [3.8, 4) is 0 Å². The molecular formula is C23H21ClFN3O2. The molecule has 1 saturated heterocycles. The van der Waals surface area contributed by atoms with Crippen molar-refractivity contribution in [1.82, 2.24) is 9.47 Å². The molecule has 0 atom stereocenters. The van der Waals surface area contributed by atoms with E-state index in [4.69, 9.17) is 11.6 Å². The molecule has 154 valence electrons. The smallest absolute Gasteiger partial charge is 0.282 e. The molecule has 30 heavy (non-hydrogen) atoms. The molecule has 1 N–H and O–H groups in total. The first-order valence-corrected chi connectivity index (χ1v) is 9.86. The summed E-state index contributed by atoms with van der Waals surface area (Å²) in [4.78, 5) is 26.0. The summed E-state index contributed by atoms with van der Waals surface area (Å²) in [7, 11) is 1.71. The Labute approximate surface area is 178 Å². The molecule has 0 unspecified atom stereocenters. The lowest BCUT2D eigenvalue weighted by Crippen LogP contribution is -2.65. The van der Waals surface area contributed by atoms with Crippen LogP contribution < -0.4 is 10.9 Å². The molecule has 2 aromatic carbocycles. The zero-order chi connectivity index (χ0) is 21.6. The van der Waals surface area contributed by atoms with E-state index in [2.05, 4.69) is 11.9 Å². The number of likely N-dealkylation sites (tertiary alicyclic amines) is 1. The van der Waals surface area contributed by atoms with Crippen LogP contribution in [0.5, 0.6) is 0 Å². The average molecular weight is 426 g/mol. The average Bonchev–Trinajstić information content (AvgIpc) is 2.69. The maximum Gasteiger partial charge on any atom is 0.282 e. The molecule has 1 aromatic heterocycles. The summed E-state index contributed by atoms with van der Waals surface area (Å²) >= 11 is 6.34. The second kappa shape index (κ2) is 7.29. The molecular weight excluding hydrogens is 405 g/mol. The summed E-state index contributed by atoms with van der Waals surface area (Å²) in [5.74, 6) is -1.71. The van der Waals surface area contributed by atoms with E-state index in [9.17, 15) is 14.0 Å². The number of benzene rings is 2. The number of aromatic nitrogens is 1. The molecule has 1 aliphatic heterocycles. The molecule has 1 aliphatic rings. The van der Waals surface area contributed by atoms with Crippen LogP contribution in [0.1, 0.15) is 11.1 Å². The Hall–Kier alpha value is -3.12. The summed E-state index contributed by atoms with van der Waals surface area (Å²) in [6, 6.07) is 13.1. The molecule has 0 spiro atoms. The monoisotopic (exact) mass is 425 g/mol. The van der Waals surface area contributed by atoms with Crippen molar-refractivity contribution < 1.29 is 9.18 Å². The predicted molar refractivity (Wildman–Crippen MR) is 118 cm³/mol. The SMILES string of the molecule is C=C(F)C(=O)N1CC(Nc2ccc3ccn(C)c(=O)c3c2)(c2cccc(Cl)c2C)C1. The Morgan fingerprint density at radius 2 is 1.97 bits per heavy atom. The zero-order valence-electron chi connectivity index (χ0n) is 16.7. The first-order valence-electron chi connectivity index (χ1n) is 9.49. The van der Waals surface area contributed by atoms with Gasteiger partial charge in [0.25, 0.3) is 11.5 Å². The number of nitrogens with one attached hydrogen (secondary N) is 1. The quantitative estimate of drug-likeness (QED) is 0.639. The minimum absolute atomic E-state index is 0.0942. The van der Waals surface area contributed by atoms with Crippen molar-refractivity contribution in [3.63, 3.8) is 0 Å². The van der Waals surface area contributed by atoms with Crippen molar-refractivity contribution in [1.29, 1.82) is 0 Å². The third kappa shape index (κ3) is 3.27. The standard InChI is InChI=1S/C23H21ClFN3O2/c1-14-19(5-4-6-20(14)24)23(12-28(13-23)21(29)15(2)25)26-17-8-7-16-9-10-27(3)22(30)18(16)11-17/h4-11,26H,2,12-13H2,1,3H3. The number of hydrogen-bond acceptors (Lipinski definition) is 3. The van der Waals surface area contributed by atoms with Crippen molar-refractivity contribution in [2.75, 3.05) is 18.4 Å². The summed E-state index contributed by atoms with van der Waals surface area (Å²) in [5.41, 5.74) is 1.78. The molecule has 2 heterocycles. The van der Waals surface area contributed by atoms with Crippen LogP contribution in [-0.4, -0.2) is 28.5 Å². The number of hydrogen-bond donors (Lipinski definition) is 1. The summed E-state index contributed by atoms with van der Waals surface area (Å²) in [5, 5.41) is 5.53. The Morgan fingerprint density at radius 3 is 2.67 bits per heavy atom. The highest BCUT2D eigenvalue weighted by Gasteiger charge is 2.48. The van der Waals surface area contributed by atoms with Crippen molar-refractivity contribution in [2.24, 2.45) is 7.05 Å². The fourth-order valence-electron chi connectivity index (χ4n) is 4.05. The number of nitrogens with zero attached hydrogens (tertiary/aromatic N) is 2. The van der Waals surface area contributed by atoms with Crippen LogP contribution >= 0.6 is 11.6 Å². The highest BCUT2D eigenvalue weighted by atomic mass is 35.5.